The topological polar surface area (TPSA) is 22.1 Å². The summed E-state index contributed by atoms with van der Waals surface area (Å²) >= 11 is 11.3. The number of nitrogens with zero attached hydrogens (tertiary/aromatic N) is 1. The maximum absolute atomic E-state index is 12.9. The van der Waals surface area contributed by atoms with E-state index in [1.807, 2.05) is 0 Å². The molecule has 0 N–H and O–H groups in total. The molecular weight excluding hydrogens is 264 g/mol. The van der Waals surface area contributed by atoms with E-state index in [1.165, 1.54) is 18.2 Å². The number of pyridine rings is 1. The highest BCUT2D eigenvalue weighted by atomic mass is 35.5. The first kappa shape index (κ1) is 12.1. The van der Waals surface area contributed by atoms with Crippen molar-refractivity contribution in [3.63, 3.8) is 0 Å². The van der Waals surface area contributed by atoms with Crippen LogP contribution in [0.1, 0.15) is 5.56 Å². The second-order valence-electron chi connectivity index (χ2n) is 3.34. The quantitative estimate of drug-likeness (QED) is 0.772. The molecule has 2 rings (SSSR count). The molecule has 0 fully saturated rings. The molecule has 0 amide bonds. The minimum atomic E-state index is -0.480. The van der Waals surface area contributed by atoms with E-state index >= 15 is 0 Å². The summed E-state index contributed by atoms with van der Waals surface area (Å²) in [4.78, 5) is 3.98. The Hall–Kier alpha value is -1.32. The zero-order chi connectivity index (χ0) is 12.3. The number of halogens is 3. The number of rotatable bonds is 3. The molecule has 0 atom stereocenters. The highest BCUT2D eigenvalue weighted by Crippen LogP contribution is 2.26. The normalized spacial score (nSPS) is 10.3. The van der Waals surface area contributed by atoms with Crippen LogP contribution in [0.3, 0.4) is 0 Å². The number of ether oxygens (including phenoxy) is 1. The smallest absolute Gasteiger partial charge is 0.146 e. The molecule has 0 saturated heterocycles. The van der Waals surface area contributed by atoms with E-state index in [4.69, 9.17) is 27.9 Å². The molecule has 88 valence electrons. The lowest BCUT2D eigenvalue weighted by molar-refractivity contribution is 0.478. The SMILES string of the molecule is Fc1ccc(Oc2cncc(CCl)c2)cc1Cl. The van der Waals surface area contributed by atoms with Crippen molar-refractivity contribution in [2.24, 2.45) is 0 Å². The third-order valence-electron chi connectivity index (χ3n) is 2.05. The van der Waals surface area contributed by atoms with Gasteiger partial charge in [-0.05, 0) is 23.8 Å². The molecule has 0 aliphatic carbocycles. The van der Waals surface area contributed by atoms with Crippen molar-refractivity contribution in [2.75, 3.05) is 0 Å². The van der Waals surface area contributed by atoms with Gasteiger partial charge < -0.3 is 4.74 Å². The van der Waals surface area contributed by atoms with Crippen LogP contribution in [0.25, 0.3) is 0 Å². The maximum atomic E-state index is 12.9. The fourth-order valence-electron chi connectivity index (χ4n) is 1.27. The van der Waals surface area contributed by atoms with Gasteiger partial charge in [0.15, 0.2) is 0 Å². The van der Waals surface area contributed by atoms with E-state index < -0.39 is 5.82 Å². The maximum Gasteiger partial charge on any atom is 0.146 e. The second-order valence-corrected chi connectivity index (χ2v) is 4.01. The monoisotopic (exact) mass is 271 g/mol. The lowest BCUT2D eigenvalue weighted by Gasteiger charge is -2.06. The standard InChI is InChI=1S/C12H8Cl2FNO/c13-5-8-3-10(7-16-6-8)17-9-1-2-12(15)11(14)4-9/h1-4,6-7H,5H2. The average molecular weight is 272 g/mol. The van der Waals surface area contributed by atoms with E-state index in [9.17, 15) is 4.39 Å². The Balaban J connectivity index is 2.22. The van der Waals surface area contributed by atoms with Crippen molar-refractivity contribution < 1.29 is 9.13 Å². The molecule has 0 saturated carbocycles. The van der Waals surface area contributed by atoms with Gasteiger partial charge in [-0.3, -0.25) is 4.98 Å². The molecule has 2 nitrogen and oxygen atoms in total. The van der Waals surface area contributed by atoms with Gasteiger partial charge in [-0.15, -0.1) is 11.6 Å². The molecule has 0 spiro atoms. The molecule has 0 bridgehead atoms. The van der Waals surface area contributed by atoms with Crippen molar-refractivity contribution in [1.82, 2.24) is 4.98 Å². The third kappa shape index (κ3) is 3.08. The Bertz CT molecular complexity index is 534. The van der Waals surface area contributed by atoms with Crippen molar-refractivity contribution in [3.05, 3.63) is 53.1 Å². The first-order valence-corrected chi connectivity index (χ1v) is 5.73. The van der Waals surface area contributed by atoms with Crippen molar-refractivity contribution >= 4 is 23.2 Å². The Kier molecular flexibility index (Phi) is 3.82. The van der Waals surface area contributed by atoms with Crippen molar-refractivity contribution in [3.8, 4) is 11.5 Å². The van der Waals surface area contributed by atoms with Crippen LogP contribution in [0.5, 0.6) is 11.5 Å². The molecule has 5 heteroatoms. The first-order chi connectivity index (χ1) is 8.19. The van der Waals surface area contributed by atoms with E-state index in [-0.39, 0.29) is 5.02 Å². The fourth-order valence-corrected chi connectivity index (χ4v) is 1.59. The highest BCUT2D eigenvalue weighted by Gasteiger charge is 2.03. The minimum Gasteiger partial charge on any atom is -0.456 e. The largest absolute Gasteiger partial charge is 0.456 e. The van der Waals surface area contributed by atoms with Gasteiger partial charge in [0.1, 0.15) is 17.3 Å². The second kappa shape index (κ2) is 5.34. The van der Waals surface area contributed by atoms with Crippen LogP contribution in [0.4, 0.5) is 4.39 Å². The van der Waals surface area contributed by atoms with Crippen molar-refractivity contribution in [2.45, 2.75) is 5.88 Å². The molecule has 0 aliphatic heterocycles. The van der Waals surface area contributed by atoms with Crippen LogP contribution in [0, 0.1) is 5.82 Å². The van der Waals surface area contributed by atoms with Gasteiger partial charge in [0.25, 0.3) is 0 Å². The Labute approximate surface area is 108 Å². The van der Waals surface area contributed by atoms with Gasteiger partial charge in [-0.2, -0.15) is 0 Å². The van der Waals surface area contributed by atoms with Gasteiger partial charge >= 0.3 is 0 Å². The number of benzene rings is 1. The summed E-state index contributed by atoms with van der Waals surface area (Å²) in [6, 6.07) is 5.91. The van der Waals surface area contributed by atoms with Crippen LogP contribution in [0.15, 0.2) is 36.7 Å². The van der Waals surface area contributed by atoms with Gasteiger partial charge in [0, 0.05) is 18.1 Å². The molecule has 0 radical (unpaired) electrons. The molecule has 1 aromatic heterocycles. The first-order valence-electron chi connectivity index (χ1n) is 4.82. The van der Waals surface area contributed by atoms with Gasteiger partial charge in [0.2, 0.25) is 0 Å². The summed E-state index contributed by atoms with van der Waals surface area (Å²) in [5.41, 5.74) is 0.845. The highest BCUT2D eigenvalue weighted by molar-refractivity contribution is 6.30. The van der Waals surface area contributed by atoms with Crippen LogP contribution in [-0.4, -0.2) is 4.98 Å². The molecule has 0 aliphatic rings. The summed E-state index contributed by atoms with van der Waals surface area (Å²) in [5.74, 6) is 0.858. The predicted octanol–water partition coefficient (Wildman–Crippen LogP) is 4.41. The summed E-state index contributed by atoms with van der Waals surface area (Å²) < 4.78 is 18.4. The molecule has 1 heterocycles. The van der Waals surface area contributed by atoms with Crippen LogP contribution in [0.2, 0.25) is 5.02 Å². The van der Waals surface area contributed by atoms with E-state index in [0.717, 1.165) is 5.56 Å². The zero-order valence-corrected chi connectivity index (χ0v) is 10.2. The summed E-state index contributed by atoms with van der Waals surface area (Å²) in [7, 11) is 0. The van der Waals surface area contributed by atoms with E-state index in [2.05, 4.69) is 4.98 Å². The summed E-state index contributed by atoms with van der Waals surface area (Å²) in [6.07, 6.45) is 3.20. The minimum absolute atomic E-state index is 0.0176. The number of aromatic nitrogens is 1. The molecule has 17 heavy (non-hydrogen) atoms. The molecule has 1 aromatic carbocycles. The zero-order valence-electron chi connectivity index (χ0n) is 8.66. The Morgan fingerprint density at radius 2 is 2.00 bits per heavy atom. The Morgan fingerprint density at radius 3 is 2.71 bits per heavy atom. The predicted molar refractivity (Wildman–Crippen MR) is 65.3 cm³/mol. The summed E-state index contributed by atoms with van der Waals surface area (Å²) in [5, 5.41) is 0.0176. The molecule has 0 unspecified atom stereocenters. The van der Waals surface area contributed by atoms with Gasteiger partial charge in [-0.25, -0.2) is 4.39 Å². The van der Waals surface area contributed by atoms with Crippen LogP contribution in [-0.2, 0) is 5.88 Å². The number of alkyl halides is 1. The lowest BCUT2D eigenvalue weighted by Crippen LogP contribution is -1.88. The number of hydrogen-bond donors (Lipinski definition) is 0. The van der Waals surface area contributed by atoms with Crippen LogP contribution >= 0.6 is 23.2 Å². The third-order valence-corrected chi connectivity index (χ3v) is 2.65. The number of hydrogen-bond acceptors (Lipinski definition) is 2. The molecule has 2 aromatic rings. The fraction of sp³-hybridized carbons (Fsp3) is 0.0833. The Morgan fingerprint density at radius 1 is 1.18 bits per heavy atom. The van der Waals surface area contributed by atoms with Crippen molar-refractivity contribution in [1.29, 1.82) is 0 Å². The summed E-state index contributed by atoms with van der Waals surface area (Å²) in [6.45, 7) is 0. The lowest BCUT2D eigenvalue weighted by atomic mass is 10.3. The average Bonchev–Trinajstić information content (AvgIpc) is 2.34. The van der Waals surface area contributed by atoms with Gasteiger partial charge in [-0.1, -0.05) is 11.6 Å². The molecular formula is C12H8Cl2FNO. The van der Waals surface area contributed by atoms with E-state index in [1.54, 1.807) is 18.5 Å². The van der Waals surface area contributed by atoms with Gasteiger partial charge in [0.05, 0.1) is 11.2 Å². The van der Waals surface area contributed by atoms with E-state index in [0.29, 0.717) is 17.4 Å². The van der Waals surface area contributed by atoms with Crippen LogP contribution < -0.4 is 4.74 Å².